The van der Waals surface area contributed by atoms with Crippen LogP contribution in [-0.4, -0.2) is 47.5 Å². The summed E-state index contributed by atoms with van der Waals surface area (Å²) in [5, 5.41) is 15.0. The zero-order valence-electron chi connectivity index (χ0n) is 20.4. The van der Waals surface area contributed by atoms with Crippen molar-refractivity contribution in [3.63, 3.8) is 0 Å². The highest BCUT2D eigenvalue weighted by Gasteiger charge is 2.34. The van der Waals surface area contributed by atoms with E-state index in [-0.39, 0.29) is 25.0 Å². The molecule has 2 rings (SSSR count). The number of benzene rings is 1. The van der Waals surface area contributed by atoms with E-state index < -0.39 is 23.6 Å². The van der Waals surface area contributed by atoms with Crippen LogP contribution in [0.15, 0.2) is 18.2 Å². The van der Waals surface area contributed by atoms with Crippen molar-refractivity contribution in [2.75, 3.05) is 13.1 Å². The predicted molar refractivity (Wildman–Crippen MR) is 125 cm³/mol. The van der Waals surface area contributed by atoms with Gasteiger partial charge in [0, 0.05) is 6.04 Å². The van der Waals surface area contributed by atoms with Gasteiger partial charge in [-0.25, -0.2) is 4.79 Å². The van der Waals surface area contributed by atoms with Crippen LogP contribution in [0.4, 0.5) is 4.79 Å². The van der Waals surface area contributed by atoms with Crippen LogP contribution in [0, 0.1) is 25.2 Å². The molecule has 0 heterocycles. The van der Waals surface area contributed by atoms with Gasteiger partial charge in [0.25, 0.3) is 0 Å². The fraction of sp³-hybridized carbons (Fsp3) is 0.600. The molecular weight excluding hydrogens is 420 g/mol. The van der Waals surface area contributed by atoms with Crippen LogP contribution in [0.25, 0.3) is 0 Å². The van der Waals surface area contributed by atoms with E-state index in [2.05, 4.69) is 10.6 Å². The molecule has 1 aliphatic carbocycles. The average Bonchev–Trinajstić information content (AvgIpc) is 2.73. The Labute approximate surface area is 196 Å². The van der Waals surface area contributed by atoms with Crippen molar-refractivity contribution in [1.29, 1.82) is 5.26 Å². The van der Waals surface area contributed by atoms with Gasteiger partial charge in [0.15, 0.2) is 0 Å². The normalized spacial score (nSPS) is 15.2. The van der Waals surface area contributed by atoms with Crippen LogP contribution in [0.3, 0.4) is 0 Å². The van der Waals surface area contributed by atoms with E-state index in [4.69, 9.17) is 4.74 Å². The summed E-state index contributed by atoms with van der Waals surface area (Å²) < 4.78 is 5.19. The maximum Gasteiger partial charge on any atom is 0.408 e. The van der Waals surface area contributed by atoms with Gasteiger partial charge in [-0.2, -0.15) is 5.26 Å². The van der Waals surface area contributed by atoms with E-state index in [1.807, 2.05) is 38.1 Å². The molecule has 1 atom stereocenters. The van der Waals surface area contributed by atoms with E-state index in [9.17, 15) is 19.6 Å². The molecule has 2 N–H and O–H groups in total. The molecule has 0 radical (unpaired) electrons. The van der Waals surface area contributed by atoms with Crippen molar-refractivity contribution in [2.45, 2.75) is 84.4 Å². The Bertz CT molecular complexity index is 874. The quantitative estimate of drug-likeness (QED) is 0.608. The number of alkyl carbamates (subject to hydrolysis) is 1. The minimum absolute atomic E-state index is 0.0528. The predicted octanol–water partition coefficient (Wildman–Crippen LogP) is 3.67. The Hall–Kier alpha value is -3.08. The number of hydrogen-bond donors (Lipinski definition) is 2. The second-order valence-corrected chi connectivity index (χ2v) is 9.59. The molecule has 1 aromatic carbocycles. The zero-order valence-corrected chi connectivity index (χ0v) is 20.4. The van der Waals surface area contributed by atoms with E-state index >= 15 is 0 Å². The number of rotatable bonds is 7. The fourth-order valence-electron chi connectivity index (χ4n) is 4.18. The average molecular weight is 457 g/mol. The van der Waals surface area contributed by atoms with Gasteiger partial charge in [0.1, 0.15) is 24.7 Å². The topological polar surface area (TPSA) is 112 Å². The van der Waals surface area contributed by atoms with E-state index in [1.165, 1.54) is 4.90 Å². The summed E-state index contributed by atoms with van der Waals surface area (Å²) in [5.41, 5.74) is 1.70. The van der Waals surface area contributed by atoms with E-state index in [1.54, 1.807) is 20.8 Å². The molecule has 0 bridgehead atoms. The maximum atomic E-state index is 13.5. The molecule has 33 heavy (non-hydrogen) atoms. The third kappa shape index (κ3) is 7.77. The van der Waals surface area contributed by atoms with Crippen molar-refractivity contribution in [2.24, 2.45) is 0 Å². The monoisotopic (exact) mass is 456 g/mol. The lowest BCUT2D eigenvalue weighted by Gasteiger charge is -2.33. The molecule has 0 aromatic heterocycles. The van der Waals surface area contributed by atoms with Crippen LogP contribution < -0.4 is 10.6 Å². The number of hydrogen-bond acceptors (Lipinski definition) is 5. The zero-order chi connectivity index (χ0) is 24.6. The maximum absolute atomic E-state index is 13.5. The molecule has 1 aromatic rings. The Kier molecular flexibility index (Phi) is 9.27. The van der Waals surface area contributed by atoms with Gasteiger partial charge in [0.2, 0.25) is 11.8 Å². The third-order valence-electron chi connectivity index (χ3n) is 5.67. The number of nitriles is 1. The first-order valence-electron chi connectivity index (χ1n) is 11.5. The Morgan fingerprint density at radius 2 is 1.76 bits per heavy atom. The molecule has 180 valence electrons. The van der Waals surface area contributed by atoms with Gasteiger partial charge in [0.05, 0.1) is 6.07 Å². The molecule has 0 saturated heterocycles. The van der Waals surface area contributed by atoms with Crippen molar-refractivity contribution in [3.8, 4) is 6.07 Å². The smallest absolute Gasteiger partial charge is 0.408 e. The third-order valence-corrected chi connectivity index (χ3v) is 5.67. The van der Waals surface area contributed by atoms with Crippen molar-refractivity contribution >= 4 is 17.9 Å². The number of ether oxygens (including phenoxy) is 1. The summed E-state index contributed by atoms with van der Waals surface area (Å²) in [7, 11) is 0. The second kappa shape index (κ2) is 11.7. The number of nitrogens with one attached hydrogen (secondary N) is 2. The van der Waals surface area contributed by atoms with Crippen molar-refractivity contribution in [1.82, 2.24) is 15.5 Å². The highest BCUT2D eigenvalue weighted by Crippen LogP contribution is 2.29. The molecule has 1 saturated carbocycles. The Morgan fingerprint density at radius 1 is 1.15 bits per heavy atom. The summed E-state index contributed by atoms with van der Waals surface area (Å²) in [6.07, 6.45) is 4.33. The highest BCUT2D eigenvalue weighted by atomic mass is 16.6. The molecule has 8 heteroatoms. The number of amides is 3. The number of carbonyl (C=O) groups excluding carboxylic acids is 3. The largest absolute Gasteiger partial charge is 0.444 e. The van der Waals surface area contributed by atoms with Gasteiger partial charge >= 0.3 is 6.09 Å². The van der Waals surface area contributed by atoms with Gasteiger partial charge < -0.3 is 20.3 Å². The lowest BCUT2D eigenvalue weighted by Crippen LogP contribution is -2.50. The first kappa shape index (κ1) is 26.2. The van der Waals surface area contributed by atoms with Gasteiger partial charge in [-0.15, -0.1) is 0 Å². The molecular formula is C25H36N4O4. The lowest BCUT2D eigenvalue weighted by atomic mass is 9.92. The summed E-state index contributed by atoms with van der Waals surface area (Å²) in [6.45, 7) is 8.28. The summed E-state index contributed by atoms with van der Waals surface area (Å²) in [6, 6.07) is 6.75. The van der Waals surface area contributed by atoms with Crippen LogP contribution in [0.2, 0.25) is 0 Å². The number of nitrogens with zero attached hydrogens (tertiary/aromatic N) is 2. The molecule has 1 unspecified atom stereocenters. The summed E-state index contributed by atoms with van der Waals surface area (Å²) >= 11 is 0. The fourth-order valence-corrected chi connectivity index (χ4v) is 4.18. The molecule has 1 fully saturated rings. The van der Waals surface area contributed by atoms with Crippen LogP contribution >= 0.6 is 0 Å². The Morgan fingerprint density at radius 3 is 2.30 bits per heavy atom. The van der Waals surface area contributed by atoms with E-state index in [0.717, 1.165) is 43.2 Å². The molecule has 0 aliphatic heterocycles. The molecule has 1 aliphatic rings. The van der Waals surface area contributed by atoms with Gasteiger partial charge in [-0.1, -0.05) is 37.5 Å². The SMILES string of the molecule is Cc1cccc(C)c1C(C(=O)NC1CCCCC1)N(CC#N)C(=O)CNC(=O)OC(C)(C)C. The van der Waals surface area contributed by atoms with Crippen molar-refractivity contribution in [3.05, 3.63) is 34.9 Å². The molecule has 8 nitrogen and oxygen atoms in total. The first-order valence-corrected chi connectivity index (χ1v) is 11.5. The molecule has 3 amide bonds. The van der Waals surface area contributed by atoms with Crippen LogP contribution in [0.5, 0.6) is 0 Å². The summed E-state index contributed by atoms with van der Waals surface area (Å²) in [4.78, 5) is 40.0. The number of aryl methyl sites for hydroxylation is 2. The van der Waals surface area contributed by atoms with Crippen molar-refractivity contribution < 1.29 is 19.1 Å². The van der Waals surface area contributed by atoms with Gasteiger partial charge in [-0.3, -0.25) is 9.59 Å². The molecule has 0 spiro atoms. The van der Waals surface area contributed by atoms with Crippen LogP contribution in [-0.2, 0) is 14.3 Å². The minimum atomic E-state index is -0.972. The first-order chi connectivity index (χ1) is 15.5. The minimum Gasteiger partial charge on any atom is -0.444 e. The number of carbonyl (C=O) groups is 3. The van der Waals surface area contributed by atoms with Gasteiger partial charge in [-0.05, 0) is 64.2 Å². The summed E-state index contributed by atoms with van der Waals surface area (Å²) in [5.74, 6) is -0.839. The van der Waals surface area contributed by atoms with Crippen LogP contribution in [0.1, 0.15) is 75.6 Å². The lowest BCUT2D eigenvalue weighted by molar-refractivity contribution is -0.140. The second-order valence-electron chi connectivity index (χ2n) is 9.59. The van der Waals surface area contributed by atoms with E-state index in [0.29, 0.717) is 5.56 Å². The standard InChI is InChI=1S/C25H36N4O4/c1-17-10-9-11-18(2)21(17)22(23(31)28-19-12-7-6-8-13-19)29(15-14-26)20(30)16-27-24(32)33-25(3,4)5/h9-11,19,22H,6-8,12-13,15-16H2,1-5H3,(H,27,32)(H,28,31). The Balaban J connectivity index is 2.32. The highest BCUT2D eigenvalue weighted by molar-refractivity contribution is 5.91.